The van der Waals surface area contributed by atoms with E-state index < -0.39 is 0 Å². The average molecular weight is 157 g/mol. The molecule has 0 amide bonds. The minimum Gasteiger partial charge on any atom is -0.391 e. The van der Waals surface area contributed by atoms with Gasteiger partial charge in [0.2, 0.25) is 0 Å². The molecule has 0 bridgehead atoms. The Hall–Kier alpha value is -0.410. The maximum absolute atomic E-state index is 10.2. The van der Waals surface area contributed by atoms with Crippen molar-refractivity contribution in [1.82, 2.24) is 4.90 Å². The van der Waals surface area contributed by atoms with Crippen LogP contribution in [0.25, 0.3) is 0 Å². The van der Waals surface area contributed by atoms with Gasteiger partial charge < -0.3 is 14.8 Å². The lowest BCUT2D eigenvalue weighted by Crippen LogP contribution is -2.41. The molecule has 0 spiro atoms. The van der Waals surface area contributed by atoms with Crippen LogP contribution in [0, 0.1) is 5.92 Å². The van der Waals surface area contributed by atoms with Crippen LogP contribution in [-0.4, -0.2) is 42.5 Å². The normalized spacial score (nSPS) is 33.6. The van der Waals surface area contributed by atoms with E-state index in [4.69, 9.17) is 0 Å². The molecule has 1 fully saturated rings. The van der Waals surface area contributed by atoms with E-state index in [2.05, 4.69) is 4.90 Å². The maximum atomic E-state index is 10.2. The molecule has 2 unspecified atom stereocenters. The fourth-order valence-electron chi connectivity index (χ4n) is 1.54. The number of carbonyl (C=O) groups excluding carboxylic acids is 1. The molecule has 0 aromatic carbocycles. The van der Waals surface area contributed by atoms with Crippen molar-refractivity contribution >= 4 is 6.29 Å². The molecule has 0 aromatic heterocycles. The number of carbonyl (C=O) groups is 1. The molecule has 1 heterocycles. The summed E-state index contributed by atoms with van der Waals surface area (Å²) in [5.74, 6) is 0.198. The van der Waals surface area contributed by atoms with Crippen molar-refractivity contribution in [3.05, 3.63) is 0 Å². The molecule has 1 aliphatic heterocycles. The van der Waals surface area contributed by atoms with Crippen molar-refractivity contribution in [1.29, 1.82) is 0 Å². The lowest BCUT2D eigenvalue weighted by atomic mass is 9.92. The van der Waals surface area contributed by atoms with E-state index in [-0.39, 0.29) is 12.0 Å². The molecule has 2 atom stereocenters. The Morgan fingerprint density at radius 2 is 2.45 bits per heavy atom. The van der Waals surface area contributed by atoms with E-state index in [1.807, 2.05) is 7.05 Å². The van der Waals surface area contributed by atoms with Crippen molar-refractivity contribution < 1.29 is 9.90 Å². The van der Waals surface area contributed by atoms with Crippen LogP contribution in [0.1, 0.15) is 12.8 Å². The summed E-state index contributed by atoms with van der Waals surface area (Å²) in [6, 6.07) is 0. The third kappa shape index (κ3) is 2.27. The largest absolute Gasteiger partial charge is 0.391 e. The quantitative estimate of drug-likeness (QED) is 0.568. The first-order valence-electron chi connectivity index (χ1n) is 4.04. The van der Waals surface area contributed by atoms with Crippen LogP contribution in [0.3, 0.4) is 0 Å². The zero-order valence-electron chi connectivity index (χ0n) is 6.86. The molecule has 1 saturated heterocycles. The summed E-state index contributed by atoms with van der Waals surface area (Å²) in [6.07, 6.45) is 2.05. The average Bonchev–Trinajstić information content (AvgIpc) is 1.95. The number of aliphatic hydroxyl groups excluding tert-OH is 1. The molecule has 1 N–H and O–H groups in total. The van der Waals surface area contributed by atoms with Crippen molar-refractivity contribution in [2.45, 2.75) is 18.9 Å². The molecule has 0 aromatic rings. The second-order valence-corrected chi connectivity index (χ2v) is 3.28. The Labute approximate surface area is 67.0 Å². The van der Waals surface area contributed by atoms with Crippen LogP contribution in [-0.2, 0) is 4.79 Å². The Bertz CT molecular complexity index is 138. The van der Waals surface area contributed by atoms with Gasteiger partial charge in [0.1, 0.15) is 6.29 Å². The first-order valence-corrected chi connectivity index (χ1v) is 4.04. The summed E-state index contributed by atoms with van der Waals surface area (Å²) < 4.78 is 0. The van der Waals surface area contributed by atoms with Crippen LogP contribution < -0.4 is 0 Å². The highest BCUT2D eigenvalue weighted by atomic mass is 16.3. The first-order chi connectivity index (χ1) is 5.24. The number of nitrogens with zero attached hydrogens (tertiary/aromatic N) is 1. The van der Waals surface area contributed by atoms with Crippen molar-refractivity contribution in [2.75, 3.05) is 20.1 Å². The van der Waals surface area contributed by atoms with E-state index >= 15 is 0 Å². The molecule has 0 aliphatic carbocycles. The molecule has 11 heavy (non-hydrogen) atoms. The van der Waals surface area contributed by atoms with Gasteiger partial charge in [0, 0.05) is 13.0 Å². The SMILES string of the molecule is CN1CCC(CC=O)C(O)C1. The van der Waals surface area contributed by atoms with Crippen LogP contribution in [0.15, 0.2) is 0 Å². The number of likely N-dealkylation sites (tertiary alicyclic amines) is 1. The van der Waals surface area contributed by atoms with Gasteiger partial charge in [-0.2, -0.15) is 0 Å². The fourth-order valence-corrected chi connectivity index (χ4v) is 1.54. The fraction of sp³-hybridized carbons (Fsp3) is 0.875. The molecule has 0 saturated carbocycles. The van der Waals surface area contributed by atoms with Crippen LogP contribution in [0.5, 0.6) is 0 Å². The van der Waals surface area contributed by atoms with E-state index in [0.29, 0.717) is 13.0 Å². The first kappa shape index (κ1) is 8.68. The highest BCUT2D eigenvalue weighted by molar-refractivity contribution is 5.49. The maximum Gasteiger partial charge on any atom is 0.120 e. The number of hydrogen-bond donors (Lipinski definition) is 1. The summed E-state index contributed by atoms with van der Waals surface area (Å²) in [7, 11) is 1.99. The van der Waals surface area contributed by atoms with Crippen molar-refractivity contribution in [2.24, 2.45) is 5.92 Å². The highest BCUT2D eigenvalue weighted by Gasteiger charge is 2.24. The van der Waals surface area contributed by atoms with E-state index in [0.717, 1.165) is 19.3 Å². The third-order valence-electron chi connectivity index (χ3n) is 2.32. The van der Waals surface area contributed by atoms with Gasteiger partial charge >= 0.3 is 0 Å². The molecular formula is C8H15NO2. The second-order valence-electron chi connectivity index (χ2n) is 3.28. The second kappa shape index (κ2) is 3.83. The third-order valence-corrected chi connectivity index (χ3v) is 2.32. The van der Waals surface area contributed by atoms with Crippen molar-refractivity contribution in [3.63, 3.8) is 0 Å². The Morgan fingerprint density at radius 3 is 3.00 bits per heavy atom. The zero-order valence-corrected chi connectivity index (χ0v) is 6.86. The van der Waals surface area contributed by atoms with Gasteiger partial charge in [0.05, 0.1) is 6.10 Å². The summed E-state index contributed by atoms with van der Waals surface area (Å²) >= 11 is 0. The Kier molecular flexibility index (Phi) is 3.02. The standard InChI is InChI=1S/C8H15NO2/c1-9-4-2-7(3-5-10)8(11)6-9/h5,7-8,11H,2-4,6H2,1H3. The highest BCUT2D eigenvalue weighted by Crippen LogP contribution is 2.18. The molecule has 3 nitrogen and oxygen atoms in total. The number of β-amino-alcohol motifs (C(OH)–C–C–N with tert-alkyl or cyclic N) is 1. The predicted octanol–water partition coefficient (Wildman–Crippen LogP) is -0.112. The number of rotatable bonds is 2. The topological polar surface area (TPSA) is 40.5 Å². The van der Waals surface area contributed by atoms with Gasteiger partial charge in [0.15, 0.2) is 0 Å². The Morgan fingerprint density at radius 1 is 1.73 bits per heavy atom. The number of piperidine rings is 1. The predicted molar refractivity (Wildman–Crippen MR) is 42.3 cm³/mol. The molecule has 64 valence electrons. The number of aliphatic hydroxyl groups is 1. The lowest BCUT2D eigenvalue weighted by Gasteiger charge is -2.32. The van der Waals surface area contributed by atoms with Crippen LogP contribution >= 0.6 is 0 Å². The lowest BCUT2D eigenvalue weighted by molar-refractivity contribution is -0.110. The van der Waals surface area contributed by atoms with Crippen LogP contribution in [0.2, 0.25) is 0 Å². The van der Waals surface area contributed by atoms with Crippen LogP contribution in [0.4, 0.5) is 0 Å². The molecule has 1 rings (SSSR count). The van der Waals surface area contributed by atoms with Gasteiger partial charge in [-0.15, -0.1) is 0 Å². The van der Waals surface area contributed by atoms with Gasteiger partial charge in [-0.25, -0.2) is 0 Å². The zero-order chi connectivity index (χ0) is 8.27. The molecular weight excluding hydrogens is 142 g/mol. The number of hydrogen-bond acceptors (Lipinski definition) is 3. The van der Waals surface area contributed by atoms with Gasteiger partial charge in [-0.1, -0.05) is 0 Å². The summed E-state index contributed by atoms with van der Waals surface area (Å²) in [6.45, 7) is 1.70. The molecule has 1 aliphatic rings. The van der Waals surface area contributed by atoms with E-state index in [9.17, 15) is 9.90 Å². The minimum atomic E-state index is -0.307. The molecule has 3 heteroatoms. The van der Waals surface area contributed by atoms with Gasteiger partial charge in [-0.3, -0.25) is 0 Å². The Balaban J connectivity index is 2.37. The summed E-state index contributed by atoms with van der Waals surface area (Å²) in [4.78, 5) is 12.3. The van der Waals surface area contributed by atoms with Gasteiger partial charge in [-0.05, 0) is 25.9 Å². The van der Waals surface area contributed by atoms with Crippen molar-refractivity contribution in [3.8, 4) is 0 Å². The minimum absolute atomic E-state index is 0.198. The van der Waals surface area contributed by atoms with E-state index in [1.54, 1.807) is 0 Å². The number of likely N-dealkylation sites (N-methyl/N-ethyl adjacent to an activating group) is 1. The number of aldehydes is 1. The summed E-state index contributed by atoms with van der Waals surface area (Å²) in [5, 5.41) is 9.47. The smallest absolute Gasteiger partial charge is 0.120 e. The van der Waals surface area contributed by atoms with Gasteiger partial charge in [0.25, 0.3) is 0 Å². The monoisotopic (exact) mass is 157 g/mol. The molecule has 0 radical (unpaired) electrons. The summed E-state index contributed by atoms with van der Waals surface area (Å²) in [5.41, 5.74) is 0. The van der Waals surface area contributed by atoms with E-state index in [1.165, 1.54) is 0 Å².